The van der Waals surface area contributed by atoms with E-state index in [1.165, 1.54) is 43.2 Å². The van der Waals surface area contributed by atoms with Crippen LogP contribution < -0.4 is 10.1 Å². The van der Waals surface area contributed by atoms with Crippen LogP contribution in [0.25, 0.3) is 10.9 Å². The second kappa shape index (κ2) is 11.5. The van der Waals surface area contributed by atoms with Crippen molar-refractivity contribution in [3.63, 3.8) is 0 Å². The molecule has 5 rings (SSSR count). The highest BCUT2D eigenvalue weighted by Gasteiger charge is 2.27. The van der Waals surface area contributed by atoms with Crippen LogP contribution in [0.3, 0.4) is 0 Å². The van der Waals surface area contributed by atoms with Gasteiger partial charge in [0.15, 0.2) is 0 Å². The van der Waals surface area contributed by atoms with Crippen molar-refractivity contribution in [2.75, 3.05) is 11.9 Å². The van der Waals surface area contributed by atoms with Gasteiger partial charge < -0.3 is 14.6 Å². The standard InChI is InChI=1S/C32H36N2O2/c1-2-3-4-5-6-10-20-36-26-18-16-25(17-19-26)27-21-31(35)33-29-14-11-15-30-32(29)28(27)23-34(30)22-24-12-8-7-9-13-24/h7-9,11-19,23,27H,2-6,10,20-22H2,1H3,(H,33,35). The first-order valence-corrected chi connectivity index (χ1v) is 13.4. The summed E-state index contributed by atoms with van der Waals surface area (Å²) in [4.78, 5) is 12.8. The van der Waals surface area contributed by atoms with Crippen LogP contribution in [0.2, 0.25) is 0 Å². The van der Waals surface area contributed by atoms with Crippen molar-refractivity contribution < 1.29 is 9.53 Å². The number of rotatable bonds is 11. The Labute approximate surface area is 214 Å². The zero-order chi connectivity index (χ0) is 24.7. The number of benzene rings is 3. The summed E-state index contributed by atoms with van der Waals surface area (Å²) in [7, 11) is 0. The molecule has 186 valence electrons. The summed E-state index contributed by atoms with van der Waals surface area (Å²) in [6.45, 7) is 3.80. The van der Waals surface area contributed by atoms with Crippen LogP contribution in [-0.4, -0.2) is 17.1 Å². The molecule has 1 atom stereocenters. The number of nitrogens with zero attached hydrogens (tertiary/aromatic N) is 1. The molecule has 4 heteroatoms. The van der Waals surface area contributed by atoms with Crippen molar-refractivity contribution >= 4 is 22.5 Å². The zero-order valence-corrected chi connectivity index (χ0v) is 21.2. The monoisotopic (exact) mass is 480 g/mol. The SMILES string of the molecule is CCCCCCCCOc1ccc(C2CC(=O)Nc3cccc4c3c2cn4Cc2ccccc2)cc1. The van der Waals surface area contributed by atoms with E-state index in [1.54, 1.807) is 0 Å². The third-order valence-corrected chi connectivity index (χ3v) is 7.22. The maximum absolute atomic E-state index is 12.8. The van der Waals surface area contributed by atoms with E-state index in [9.17, 15) is 4.79 Å². The fourth-order valence-electron chi connectivity index (χ4n) is 5.33. The summed E-state index contributed by atoms with van der Waals surface area (Å²) >= 11 is 0. The van der Waals surface area contributed by atoms with Gasteiger partial charge in [0, 0.05) is 30.5 Å². The molecule has 0 fully saturated rings. The summed E-state index contributed by atoms with van der Waals surface area (Å²) in [5.74, 6) is 0.958. The number of ether oxygens (including phenoxy) is 1. The zero-order valence-electron chi connectivity index (χ0n) is 21.2. The lowest BCUT2D eigenvalue weighted by atomic mass is 9.88. The molecule has 0 spiro atoms. The Morgan fingerprint density at radius 1 is 0.889 bits per heavy atom. The Morgan fingerprint density at radius 2 is 1.67 bits per heavy atom. The average Bonchev–Trinajstić information content (AvgIpc) is 3.19. The number of unbranched alkanes of at least 4 members (excludes halogenated alkanes) is 5. The van der Waals surface area contributed by atoms with Gasteiger partial charge in [-0.05, 0) is 47.4 Å². The van der Waals surface area contributed by atoms with Gasteiger partial charge in [-0.15, -0.1) is 0 Å². The predicted octanol–water partition coefficient (Wildman–Crippen LogP) is 7.90. The summed E-state index contributed by atoms with van der Waals surface area (Å²) in [6, 6.07) is 25.1. The molecule has 1 aliphatic rings. The minimum absolute atomic E-state index is 0.000731. The summed E-state index contributed by atoms with van der Waals surface area (Å²) in [6.07, 6.45) is 10.2. The molecular weight excluding hydrogens is 444 g/mol. The molecule has 0 bridgehead atoms. The summed E-state index contributed by atoms with van der Waals surface area (Å²) in [5.41, 5.74) is 5.66. The first-order chi connectivity index (χ1) is 17.7. The Balaban J connectivity index is 1.36. The quantitative estimate of drug-likeness (QED) is 0.222. The second-order valence-corrected chi connectivity index (χ2v) is 9.89. The maximum Gasteiger partial charge on any atom is 0.225 e. The molecular formula is C32H36N2O2. The van der Waals surface area contributed by atoms with Gasteiger partial charge in [0.1, 0.15) is 5.75 Å². The molecule has 3 aromatic carbocycles. The summed E-state index contributed by atoms with van der Waals surface area (Å²) in [5, 5.41) is 4.30. The molecule has 0 saturated heterocycles. The normalized spacial score (nSPS) is 15.0. The molecule has 4 aromatic rings. The van der Waals surface area contributed by atoms with Crippen molar-refractivity contribution in [1.29, 1.82) is 0 Å². The van der Waals surface area contributed by atoms with Gasteiger partial charge in [0.25, 0.3) is 0 Å². The Bertz CT molecular complexity index is 1290. The van der Waals surface area contributed by atoms with E-state index in [-0.39, 0.29) is 11.8 Å². The molecule has 2 heterocycles. The molecule has 36 heavy (non-hydrogen) atoms. The number of anilines is 1. The lowest BCUT2D eigenvalue weighted by molar-refractivity contribution is -0.116. The largest absolute Gasteiger partial charge is 0.494 e. The molecule has 1 amide bonds. The lowest BCUT2D eigenvalue weighted by Crippen LogP contribution is -2.14. The van der Waals surface area contributed by atoms with E-state index in [0.29, 0.717) is 6.42 Å². The summed E-state index contributed by atoms with van der Waals surface area (Å²) < 4.78 is 8.31. The molecule has 1 aliphatic heterocycles. The van der Waals surface area contributed by atoms with Crippen LogP contribution in [0.1, 0.15) is 74.5 Å². The highest BCUT2D eigenvalue weighted by atomic mass is 16.5. The van der Waals surface area contributed by atoms with Crippen molar-refractivity contribution in [2.24, 2.45) is 0 Å². The number of hydrogen-bond donors (Lipinski definition) is 1. The fraction of sp³-hybridized carbons (Fsp3) is 0.344. The van der Waals surface area contributed by atoms with Crippen LogP contribution in [0.4, 0.5) is 5.69 Å². The lowest BCUT2D eigenvalue weighted by Gasteiger charge is -2.15. The number of amides is 1. The Morgan fingerprint density at radius 3 is 2.47 bits per heavy atom. The van der Waals surface area contributed by atoms with Gasteiger partial charge >= 0.3 is 0 Å². The van der Waals surface area contributed by atoms with E-state index < -0.39 is 0 Å². The van der Waals surface area contributed by atoms with Gasteiger partial charge in [-0.2, -0.15) is 0 Å². The van der Waals surface area contributed by atoms with Gasteiger partial charge in [0.05, 0.1) is 17.8 Å². The van der Waals surface area contributed by atoms with Gasteiger partial charge in [0.2, 0.25) is 5.91 Å². The van der Waals surface area contributed by atoms with Crippen molar-refractivity contribution in [2.45, 2.75) is 64.3 Å². The first kappa shape index (κ1) is 24.2. The molecule has 4 nitrogen and oxygen atoms in total. The average molecular weight is 481 g/mol. The van der Waals surface area contributed by atoms with Crippen LogP contribution in [0.5, 0.6) is 5.75 Å². The van der Waals surface area contributed by atoms with Crippen molar-refractivity contribution in [3.8, 4) is 5.75 Å². The highest BCUT2D eigenvalue weighted by molar-refractivity contribution is 6.06. The van der Waals surface area contributed by atoms with E-state index >= 15 is 0 Å². The Kier molecular flexibility index (Phi) is 7.70. The topological polar surface area (TPSA) is 43.3 Å². The van der Waals surface area contributed by atoms with Crippen LogP contribution in [0.15, 0.2) is 79.0 Å². The molecule has 0 saturated carbocycles. The number of nitrogens with one attached hydrogen (secondary N) is 1. The highest BCUT2D eigenvalue weighted by Crippen LogP contribution is 2.41. The second-order valence-electron chi connectivity index (χ2n) is 9.89. The fourth-order valence-corrected chi connectivity index (χ4v) is 5.33. The van der Waals surface area contributed by atoms with E-state index in [1.807, 2.05) is 18.2 Å². The smallest absolute Gasteiger partial charge is 0.225 e. The third-order valence-electron chi connectivity index (χ3n) is 7.22. The molecule has 1 unspecified atom stereocenters. The minimum Gasteiger partial charge on any atom is -0.494 e. The van der Waals surface area contributed by atoms with E-state index in [0.717, 1.165) is 47.5 Å². The number of carbonyl (C=O) groups is 1. The number of aromatic nitrogens is 1. The number of hydrogen-bond acceptors (Lipinski definition) is 2. The van der Waals surface area contributed by atoms with Crippen LogP contribution in [-0.2, 0) is 11.3 Å². The molecule has 1 N–H and O–H groups in total. The van der Waals surface area contributed by atoms with Crippen LogP contribution >= 0.6 is 0 Å². The van der Waals surface area contributed by atoms with Crippen molar-refractivity contribution in [1.82, 2.24) is 4.57 Å². The van der Waals surface area contributed by atoms with E-state index in [4.69, 9.17) is 4.74 Å². The van der Waals surface area contributed by atoms with E-state index in [2.05, 4.69) is 77.6 Å². The van der Waals surface area contributed by atoms with Gasteiger partial charge in [-0.25, -0.2) is 0 Å². The maximum atomic E-state index is 12.8. The number of carbonyl (C=O) groups excluding carboxylic acids is 1. The molecule has 0 radical (unpaired) electrons. The Hall–Kier alpha value is -3.53. The van der Waals surface area contributed by atoms with Gasteiger partial charge in [-0.3, -0.25) is 4.79 Å². The minimum atomic E-state index is 0.000731. The predicted molar refractivity (Wildman–Crippen MR) is 148 cm³/mol. The van der Waals surface area contributed by atoms with Crippen LogP contribution in [0, 0.1) is 0 Å². The molecule has 1 aromatic heterocycles. The first-order valence-electron chi connectivity index (χ1n) is 13.4. The molecule has 0 aliphatic carbocycles. The van der Waals surface area contributed by atoms with Gasteiger partial charge in [-0.1, -0.05) is 87.6 Å². The third kappa shape index (κ3) is 5.48. The van der Waals surface area contributed by atoms with Crippen molar-refractivity contribution in [3.05, 3.63) is 95.7 Å².